The summed E-state index contributed by atoms with van der Waals surface area (Å²) in [6.07, 6.45) is 0. The Balaban J connectivity index is 1.34. The number of fused-ring (bicyclic) bond motifs is 1. The van der Waals surface area contributed by atoms with Gasteiger partial charge in [-0.05, 0) is 84.8 Å². The van der Waals surface area contributed by atoms with Gasteiger partial charge in [-0.3, -0.25) is 13.9 Å². The average molecular weight is 855 g/mol. The Morgan fingerprint density at radius 3 is 2.04 bits per heavy atom. The quantitative estimate of drug-likeness (QED) is 0.0495. The summed E-state index contributed by atoms with van der Waals surface area (Å²) in [6.45, 7) is 1.73. The summed E-state index contributed by atoms with van der Waals surface area (Å²) in [4.78, 5) is 23.1. The van der Waals surface area contributed by atoms with Crippen molar-refractivity contribution in [2.45, 2.75) is 21.5 Å². The van der Waals surface area contributed by atoms with Crippen LogP contribution < -0.4 is 16.0 Å². The van der Waals surface area contributed by atoms with Crippen molar-refractivity contribution in [2.24, 2.45) is 10.2 Å². The summed E-state index contributed by atoms with van der Waals surface area (Å²) in [5.74, 6) is 0.0832. The zero-order valence-electron chi connectivity index (χ0n) is 24.8. The van der Waals surface area contributed by atoms with Crippen molar-refractivity contribution in [1.82, 2.24) is 15.0 Å². The van der Waals surface area contributed by atoms with Gasteiger partial charge in [0, 0.05) is 33.2 Å². The fraction of sp³-hybridized carbons (Fsp3) is 0.103. The van der Waals surface area contributed by atoms with Crippen LogP contribution >= 0.6 is 43.5 Å². The predicted molar refractivity (Wildman–Crippen MR) is 192 cm³/mol. The van der Waals surface area contributed by atoms with E-state index in [0.29, 0.717) is 33.6 Å². The molecule has 0 aliphatic rings. The van der Waals surface area contributed by atoms with Gasteiger partial charge in [0.2, 0.25) is 23.1 Å². The number of nitrogens with one attached hydrogen (secondary N) is 3. The molecule has 1 atom stereocenters. The van der Waals surface area contributed by atoms with Crippen LogP contribution in [-0.4, -0.2) is 57.0 Å². The molecule has 5 N–H and O–H groups in total. The first-order valence-corrected chi connectivity index (χ1v) is 19.0. The molecule has 1 aromatic heterocycles. The third kappa shape index (κ3) is 9.12. The lowest BCUT2D eigenvalue weighted by molar-refractivity contribution is -0.115. The minimum Gasteiger partial charge on any atom is -0.325 e. The number of hydrogen-bond donors (Lipinski definition) is 5. The molecular formula is C29H23Br2ClN8O7S2. The van der Waals surface area contributed by atoms with Crippen LogP contribution in [0.4, 0.5) is 40.3 Å². The second-order valence-electron chi connectivity index (χ2n) is 10.1. The lowest BCUT2D eigenvalue weighted by atomic mass is 10.1. The molecule has 0 radical (unpaired) electrons. The molecule has 0 fully saturated rings. The van der Waals surface area contributed by atoms with Crippen LogP contribution in [0, 0.1) is 6.92 Å². The van der Waals surface area contributed by atoms with Gasteiger partial charge in [0.1, 0.15) is 14.6 Å². The highest BCUT2D eigenvalue weighted by Gasteiger charge is 2.21. The third-order valence-corrected chi connectivity index (χ3v) is 10.9. The van der Waals surface area contributed by atoms with Crippen LogP contribution in [0.25, 0.3) is 10.8 Å². The van der Waals surface area contributed by atoms with Crippen molar-refractivity contribution in [3.05, 3.63) is 83.6 Å². The highest BCUT2D eigenvalue weighted by molar-refractivity contribution is 9.12. The van der Waals surface area contributed by atoms with Crippen LogP contribution in [0.5, 0.6) is 0 Å². The molecule has 0 aliphatic heterocycles. The average Bonchev–Trinajstić information content (AvgIpc) is 3.03. The number of aryl methyl sites for hydroxylation is 1. The highest BCUT2D eigenvalue weighted by Crippen LogP contribution is 2.34. The van der Waals surface area contributed by atoms with Gasteiger partial charge in [-0.2, -0.15) is 42.0 Å². The van der Waals surface area contributed by atoms with E-state index in [1.165, 1.54) is 18.2 Å². The van der Waals surface area contributed by atoms with E-state index < -0.39 is 30.0 Å². The van der Waals surface area contributed by atoms with Gasteiger partial charge in [0.05, 0.1) is 11.4 Å². The molecule has 0 aliphatic carbocycles. The number of amides is 1. The Morgan fingerprint density at radius 1 is 0.816 bits per heavy atom. The monoisotopic (exact) mass is 852 g/mol. The lowest BCUT2D eigenvalue weighted by Crippen LogP contribution is -2.23. The maximum Gasteiger partial charge on any atom is 0.295 e. The minimum atomic E-state index is -4.81. The maximum atomic E-state index is 12.1. The Bertz CT molecular complexity index is 2330. The number of benzene rings is 4. The standard InChI is InChI=1S/C29H23Br2ClN8O7S2/c1-15-11-18(35-29-37-27(32)36-28(38-29)34-17-7-5-16(6-8-17)33-26(41)22(31)14-30)9-10-23(15)40-39-19-12-21-20(25(13-19)49(45,46)47)3-2-4-24(21)48(42,43)44/h2-13,22H,14H2,1H3,(H,33,41)(H,42,43,44)(H,45,46,47)(H2,34,35,36,37,38). The summed E-state index contributed by atoms with van der Waals surface area (Å²) >= 11 is 12.7. The van der Waals surface area contributed by atoms with Crippen molar-refractivity contribution in [3.63, 3.8) is 0 Å². The second kappa shape index (κ2) is 14.8. The molecule has 5 aromatic rings. The van der Waals surface area contributed by atoms with Crippen LogP contribution in [0.2, 0.25) is 5.28 Å². The summed E-state index contributed by atoms with van der Waals surface area (Å²) < 4.78 is 67.5. The number of azo groups is 1. The van der Waals surface area contributed by atoms with Gasteiger partial charge in [0.15, 0.2) is 0 Å². The molecule has 0 saturated carbocycles. The highest BCUT2D eigenvalue weighted by atomic mass is 79.9. The molecule has 1 heterocycles. The molecular weight excluding hydrogens is 832 g/mol. The van der Waals surface area contributed by atoms with Gasteiger partial charge >= 0.3 is 0 Å². The fourth-order valence-corrected chi connectivity index (χ4v) is 6.40. The number of hydrogen-bond acceptors (Lipinski definition) is 12. The largest absolute Gasteiger partial charge is 0.325 e. The first kappa shape index (κ1) is 36.2. The zero-order valence-corrected chi connectivity index (χ0v) is 30.4. The first-order valence-electron chi connectivity index (χ1n) is 13.7. The van der Waals surface area contributed by atoms with Crippen LogP contribution in [0.15, 0.2) is 92.8 Å². The van der Waals surface area contributed by atoms with Crippen LogP contribution in [-0.2, 0) is 25.0 Å². The fourth-order valence-electron chi connectivity index (χ4n) is 4.41. The Morgan fingerprint density at radius 2 is 1.43 bits per heavy atom. The smallest absolute Gasteiger partial charge is 0.295 e. The van der Waals surface area contributed by atoms with Gasteiger partial charge in [-0.15, -0.1) is 0 Å². The molecule has 20 heteroatoms. The number of alkyl halides is 2. The van der Waals surface area contributed by atoms with Gasteiger partial charge in [-0.1, -0.05) is 44.0 Å². The van der Waals surface area contributed by atoms with Crippen molar-refractivity contribution in [2.75, 3.05) is 21.3 Å². The zero-order chi connectivity index (χ0) is 35.5. The molecule has 0 spiro atoms. The van der Waals surface area contributed by atoms with E-state index in [1.54, 1.807) is 49.4 Å². The van der Waals surface area contributed by atoms with Crippen molar-refractivity contribution in [3.8, 4) is 0 Å². The topological polar surface area (TPSA) is 225 Å². The molecule has 0 saturated heterocycles. The van der Waals surface area contributed by atoms with Crippen molar-refractivity contribution < 1.29 is 30.7 Å². The van der Waals surface area contributed by atoms with E-state index in [2.05, 4.69) is 73.0 Å². The van der Waals surface area contributed by atoms with Crippen molar-refractivity contribution >= 4 is 121 Å². The number of carbonyl (C=O) groups is 1. The molecule has 254 valence electrons. The molecule has 0 bridgehead atoms. The number of carbonyl (C=O) groups excluding carboxylic acids is 1. The summed E-state index contributed by atoms with van der Waals surface area (Å²) in [5, 5.41) is 17.2. The van der Waals surface area contributed by atoms with E-state index in [4.69, 9.17) is 11.6 Å². The second-order valence-corrected chi connectivity index (χ2v) is 15.0. The normalized spacial score (nSPS) is 12.6. The van der Waals surface area contributed by atoms with Gasteiger partial charge < -0.3 is 16.0 Å². The first-order chi connectivity index (χ1) is 23.1. The molecule has 4 aromatic carbocycles. The molecule has 1 amide bonds. The summed E-state index contributed by atoms with van der Waals surface area (Å²) in [7, 11) is -9.55. The van der Waals surface area contributed by atoms with E-state index in [-0.39, 0.29) is 44.4 Å². The van der Waals surface area contributed by atoms with E-state index >= 15 is 0 Å². The van der Waals surface area contributed by atoms with E-state index in [0.717, 1.165) is 12.1 Å². The Hall–Kier alpha value is -4.11. The minimum absolute atomic E-state index is 0.0824. The van der Waals surface area contributed by atoms with Crippen LogP contribution in [0.1, 0.15) is 5.56 Å². The van der Waals surface area contributed by atoms with Crippen molar-refractivity contribution in [1.29, 1.82) is 0 Å². The Labute approximate surface area is 301 Å². The number of aromatic nitrogens is 3. The SMILES string of the molecule is Cc1cc(Nc2nc(Cl)nc(Nc3ccc(NC(=O)C(Br)CBr)cc3)n2)ccc1N=Nc1cc(S(=O)(=O)O)c2cccc(S(=O)(=O)O)c2c1. The van der Waals surface area contributed by atoms with E-state index in [1.807, 2.05) is 0 Å². The predicted octanol–water partition coefficient (Wildman–Crippen LogP) is 7.48. The third-order valence-electron chi connectivity index (χ3n) is 6.62. The maximum absolute atomic E-state index is 12.1. The number of rotatable bonds is 11. The lowest BCUT2D eigenvalue weighted by Gasteiger charge is -2.11. The molecule has 1 unspecified atom stereocenters. The molecule has 49 heavy (non-hydrogen) atoms. The molecule has 5 rings (SSSR count). The van der Waals surface area contributed by atoms with Gasteiger partial charge in [0.25, 0.3) is 20.2 Å². The molecule has 15 nitrogen and oxygen atoms in total. The summed E-state index contributed by atoms with van der Waals surface area (Å²) in [6, 6.07) is 17.7. The van der Waals surface area contributed by atoms with Crippen LogP contribution in [0.3, 0.4) is 0 Å². The number of halogens is 3. The number of nitrogens with zero attached hydrogens (tertiary/aromatic N) is 5. The Kier molecular flexibility index (Phi) is 10.9. The van der Waals surface area contributed by atoms with E-state index in [9.17, 15) is 30.7 Å². The number of anilines is 5. The van der Waals surface area contributed by atoms with Gasteiger partial charge in [-0.25, -0.2) is 0 Å². The summed E-state index contributed by atoms with van der Waals surface area (Å²) in [5.41, 5.74) is 2.67.